The van der Waals surface area contributed by atoms with Crippen LogP contribution in [0.25, 0.3) is 0 Å². The number of hydrogen-bond acceptors (Lipinski definition) is 2. The molecule has 0 aliphatic carbocycles. The van der Waals surface area contributed by atoms with Gasteiger partial charge in [0.2, 0.25) is 0 Å². The average molecular weight is 284 g/mol. The maximum atomic E-state index is 12.1. The summed E-state index contributed by atoms with van der Waals surface area (Å²) >= 11 is 5.85. The molecular formula is C14H18ClNO3. The number of carbonyl (C=O) groups is 2. The minimum absolute atomic E-state index is 0.182. The lowest BCUT2D eigenvalue weighted by Gasteiger charge is -2.17. The van der Waals surface area contributed by atoms with Crippen molar-refractivity contribution in [2.45, 2.75) is 33.2 Å². The topological polar surface area (TPSA) is 66.4 Å². The molecule has 19 heavy (non-hydrogen) atoms. The van der Waals surface area contributed by atoms with E-state index in [4.69, 9.17) is 16.7 Å². The molecule has 5 heteroatoms. The van der Waals surface area contributed by atoms with Gasteiger partial charge in [-0.2, -0.15) is 0 Å². The number of benzene rings is 1. The number of carbonyl (C=O) groups excluding carboxylic acids is 1. The number of halogens is 1. The molecule has 1 aromatic carbocycles. The fraction of sp³-hybridized carbons (Fsp3) is 0.429. The van der Waals surface area contributed by atoms with Crippen LogP contribution in [0.3, 0.4) is 0 Å². The number of hydrogen-bond donors (Lipinski definition) is 2. The fourth-order valence-corrected chi connectivity index (χ4v) is 1.94. The van der Waals surface area contributed by atoms with E-state index in [-0.39, 0.29) is 5.92 Å². The number of aliphatic carboxylic acids is 1. The first-order chi connectivity index (χ1) is 8.81. The summed E-state index contributed by atoms with van der Waals surface area (Å²) in [6, 6.07) is 4.08. The second-order valence-corrected chi connectivity index (χ2v) is 5.39. The number of aryl methyl sites for hydroxylation is 1. The van der Waals surface area contributed by atoms with Crippen LogP contribution in [0, 0.1) is 12.8 Å². The van der Waals surface area contributed by atoms with Gasteiger partial charge in [-0.05, 0) is 37.0 Å². The minimum Gasteiger partial charge on any atom is -0.480 e. The van der Waals surface area contributed by atoms with Crippen LogP contribution < -0.4 is 5.32 Å². The van der Waals surface area contributed by atoms with E-state index in [1.807, 2.05) is 13.8 Å². The number of carboxylic acid groups (broad SMARTS) is 1. The van der Waals surface area contributed by atoms with E-state index in [0.717, 1.165) is 5.56 Å². The summed E-state index contributed by atoms with van der Waals surface area (Å²) in [7, 11) is 0. The van der Waals surface area contributed by atoms with E-state index < -0.39 is 17.9 Å². The van der Waals surface area contributed by atoms with Crippen molar-refractivity contribution in [1.82, 2.24) is 5.32 Å². The first-order valence-corrected chi connectivity index (χ1v) is 6.49. The lowest BCUT2D eigenvalue weighted by Crippen LogP contribution is -2.41. The van der Waals surface area contributed by atoms with Gasteiger partial charge in [0, 0.05) is 10.6 Å². The zero-order valence-corrected chi connectivity index (χ0v) is 12.0. The molecule has 1 aromatic rings. The van der Waals surface area contributed by atoms with E-state index in [1.165, 1.54) is 0 Å². The van der Waals surface area contributed by atoms with Crippen molar-refractivity contribution in [1.29, 1.82) is 0 Å². The van der Waals surface area contributed by atoms with Crippen LogP contribution in [0.4, 0.5) is 0 Å². The summed E-state index contributed by atoms with van der Waals surface area (Å²) in [6.07, 6.45) is 0.390. The predicted octanol–water partition coefficient (Wildman–Crippen LogP) is 2.88. The summed E-state index contributed by atoms with van der Waals surface area (Å²) in [6.45, 7) is 5.60. The molecule has 0 saturated carbocycles. The molecule has 2 N–H and O–H groups in total. The van der Waals surface area contributed by atoms with Crippen LogP contribution in [0.15, 0.2) is 18.2 Å². The van der Waals surface area contributed by atoms with Crippen molar-refractivity contribution in [3.05, 3.63) is 34.3 Å². The summed E-state index contributed by atoms with van der Waals surface area (Å²) in [5, 5.41) is 12.1. The third-order valence-electron chi connectivity index (χ3n) is 2.75. The zero-order chi connectivity index (χ0) is 14.6. The molecule has 104 valence electrons. The molecule has 0 aromatic heterocycles. The lowest BCUT2D eigenvalue weighted by molar-refractivity contribution is -0.139. The van der Waals surface area contributed by atoms with Crippen LogP contribution in [0.1, 0.15) is 36.2 Å². The summed E-state index contributed by atoms with van der Waals surface area (Å²) in [4.78, 5) is 23.2. The van der Waals surface area contributed by atoms with E-state index in [9.17, 15) is 9.59 Å². The van der Waals surface area contributed by atoms with Gasteiger partial charge in [0.25, 0.3) is 5.91 Å². The normalized spacial score (nSPS) is 12.3. The Balaban J connectivity index is 2.87. The van der Waals surface area contributed by atoms with Crippen LogP contribution >= 0.6 is 11.6 Å². The van der Waals surface area contributed by atoms with Gasteiger partial charge in [0.05, 0.1) is 0 Å². The highest BCUT2D eigenvalue weighted by Crippen LogP contribution is 2.16. The maximum Gasteiger partial charge on any atom is 0.326 e. The largest absolute Gasteiger partial charge is 0.480 e. The Bertz CT molecular complexity index is 486. The SMILES string of the molecule is Cc1ccc(Cl)cc1C(=O)N[C@@H](CC(C)C)C(=O)O. The Labute approximate surface area is 117 Å². The van der Waals surface area contributed by atoms with Crippen molar-refractivity contribution in [2.75, 3.05) is 0 Å². The smallest absolute Gasteiger partial charge is 0.326 e. The van der Waals surface area contributed by atoms with Crippen molar-refractivity contribution < 1.29 is 14.7 Å². The molecule has 1 atom stereocenters. The van der Waals surface area contributed by atoms with E-state index in [2.05, 4.69) is 5.32 Å². The Morgan fingerprint density at radius 1 is 1.37 bits per heavy atom. The molecule has 0 unspecified atom stereocenters. The number of nitrogens with one attached hydrogen (secondary N) is 1. The highest BCUT2D eigenvalue weighted by molar-refractivity contribution is 6.31. The lowest BCUT2D eigenvalue weighted by atomic mass is 10.0. The van der Waals surface area contributed by atoms with Gasteiger partial charge >= 0.3 is 5.97 Å². The highest BCUT2D eigenvalue weighted by Gasteiger charge is 2.22. The summed E-state index contributed by atoms with van der Waals surface area (Å²) in [5.74, 6) is -1.25. The molecule has 0 fully saturated rings. The van der Waals surface area contributed by atoms with E-state index >= 15 is 0 Å². The van der Waals surface area contributed by atoms with Gasteiger partial charge in [-0.25, -0.2) is 4.79 Å². The second-order valence-electron chi connectivity index (χ2n) is 4.95. The molecule has 4 nitrogen and oxygen atoms in total. The van der Waals surface area contributed by atoms with Gasteiger partial charge in [-0.3, -0.25) is 4.79 Å². The van der Waals surface area contributed by atoms with E-state index in [0.29, 0.717) is 17.0 Å². The average Bonchev–Trinajstić information content (AvgIpc) is 2.30. The zero-order valence-electron chi connectivity index (χ0n) is 11.2. The van der Waals surface area contributed by atoms with Crippen LogP contribution in [0.5, 0.6) is 0 Å². The van der Waals surface area contributed by atoms with Gasteiger partial charge in [-0.15, -0.1) is 0 Å². The van der Waals surface area contributed by atoms with Crippen LogP contribution in [-0.4, -0.2) is 23.0 Å². The molecule has 0 saturated heterocycles. The molecule has 0 aliphatic heterocycles. The molecule has 0 bridgehead atoms. The second kappa shape index (κ2) is 6.57. The standard InChI is InChI=1S/C14H18ClNO3/c1-8(2)6-12(14(18)19)16-13(17)11-7-10(15)5-4-9(11)3/h4-5,7-8,12H,6H2,1-3H3,(H,16,17)(H,18,19)/t12-/m0/s1. The molecule has 0 heterocycles. The fourth-order valence-electron chi connectivity index (χ4n) is 1.77. The van der Waals surface area contributed by atoms with Gasteiger partial charge in [0.1, 0.15) is 6.04 Å². The molecular weight excluding hydrogens is 266 g/mol. The minimum atomic E-state index is -1.03. The molecule has 0 spiro atoms. The van der Waals surface area contributed by atoms with Crippen LogP contribution in [0.2, 0.25) is 5.02 Å². The highest BCUT2D eigenvalue weighted by atomic mass is 35.5. The number of rotatable bonds is 5. The van der Waals surface area contributed by atoms with Crippen molar-refractivity contribution in [3.8, 4) is 0 Å². The Hall–Kier alpha value is -1.55. The maximum absolute atomic E-state index is 12.1. The monoisotopic (exact) mass is 283 g/mol. The molecule has 1 rings (SSSR count). The first kappa shape index (κ1) is 15.5. The van der Waals surface area contributed by atoms with Crippen molar-refractivity contribution in [3.63, 3.8) is 0 Å². The van der Waals surface area contributed by atoms with Gasteiger partial charge < -0.3 is 10.4 Å². The number of carboxylic acids is 1. The Morgan fingerprint density at radius 2 is 2.00 bits per heavy atom. The summed E-state index contributed by atoms with van der Waals surface area (Å²) in [5.41, 5.74) is 1.16. The third-order valence-corrected chi connectivity index (χ3v) is 2.99. The summed E-state index contributed by atoms with van der Waals surface area (Å²) < 4.78 is 0. The van der Waals surface area contributed by atoms with Crippen molar-refractivity contribution >= 4 is 23.5 Å². The number of amides is 1. The van der Waals surface area contributed by atoms with Gasteiger partial charge in [-0.1, -0.05) is 31.5 Å². The first-order valence-electron chi connectivity index (χ1n) is 6.11. The van der Waals surface area contributed by atoms with Crippen LogP contribution in [-0.2, 0) is 4.79 Å². The quantitative estimate of drug-likeness (QED) is 0.873. The van der Waals surface area contributed by atoms with E-state index in [1.54, 1.807) is 25.1 Å². The Kier molecular flexibility index (Phi) is 5.36. The Morgan fingerprint density at radius 3 is 2.53 bits per heavy atom. The van der Waals surface area contributed by atoms with Gasteiger partial charge in [0.15, 0.2) is 0 Å². The van der Waals surface area contributed by atoms with Crippen molar-refractivity contribution in [2.24, 2.45) is 5.92 Å². The molecule has 1 amide bonds. The third kappa shape index (κ3) is 4.56. The molecule has 0 radical (unpaired) electrons. The molecule has 0 aliphatic rings. The predicted molar refractivity (Wildman–Crippen MR) is 74.5 cm³/mol.